The highest BCUT2D eigenvalue weighted by Crippen LogP contribution is 2.07. The summed E-state index contributed by atoms with van der Waals surface area (Å²) in [4.78, 5) is 0. The summed E-state index contributed by atoms with van der Waals surface area (Å²) in [7, 11) is 0. The van der Waals surface area contributed by atoms with Crippen LogP contribution < -0.4 is 0 Å². The van der Waals surface area contributed by atoms with Crippen LogP contribution in [0.15, 0.2) is 0 Å². The van der Waals surface area contributed by atoms with E-state index >= 15 is 0 Å². The standard InChI is InChI=1S/C14H25/c1-4-5-6-7-8-9-10-11-12-13-14(2)3/h4-8,11-13H2,1-3H3. The number of hydrogen-bond donors (Lipinski definition) is 0. The third-order valence-electron chi connectivity index (χ3n) is 2.26. The van der Waals surface area contributed by atoms with Gasteiger partial charge in [-0.2, -0.15) is 0 Å². The van der Waals surface area contributed by atoms with Crippen LogP contribution in [0.4, 0.5) is 0 Å². The molecule has 0 heterocycles. The molecule has 0 heteroatoms. The van der Waals surface area contributed by atoms with Gasteiger partial charge in [0.25, 0.3) is 0 Å². The van der Waals surface area contributed by atoms with Gasteiger partial charge < -0.3 is 0 Å². The van der Waals surface area contributed by atoms with E-state index in [1.807, 2.05) is 0 Å². The molecule has 0 unspecified atom stereocenters. The lowest BCUT2D eigenvalue weighted by molar-refractivity contribution is 0.679. The quantitative estimate of drug-likeness (QED) is 0.404. The molecule has 0 saturated carbocycles. The average molecular weight is 193 g/mol. The number of rotatable bonds is 7. The minimum absolute atomic E-state index is 1.08. The molecule has 0 N–H and O–H groups in total. The van der Waals surface area contributed by atoms with E-state index in [0.29, 0.717) is 0 Å². The van der Waals surface area contributed by atoms with E-state index in [4.69, 9.17) is 0 Å². The smallest absolute Gasteiger partial charge is 0.00888 e. The largest absolute Gasteiger partial charge is 0.103 e. The molecule has 0 bridgehead atoms. The van der Waals surface area contributed by atoms with Crippen LogP contribution in [0.2, 0.25) is 0 Å². The van der Waals surface area contributed by atoms with Gasteiger partial charge in [0.05, 0.1) is 0 Å². The van der Waals surface area contributed by atoms with E-state index in [2.05, 4.69) is 32.6 Å². The molecule has 0 aromatic rings. The molecule has 0 nitrogen and oxygen atoms in total. The summed E-state index contributed by atoms with van der Waals surface area (Å²) < 4.78 is 0. The van der Waals surface area contributed by atoms with Crippen molar-refractivity contribution in [3.63, 3.8) is 0 Å². The van der Waals surface area contributed by atoms with Crippen LogP contribution in [0.25, 0.3) is 0 Å². The lowest BCUT2D eigenvalue weighted by Gasteiger charge is -1.98. The fraction of sp³-hybridized carbons (Fsp3) is 0.786. The van der Waals surface area contributed by atoms with Crippen LogP contribution in [0.1, 0.15) is 72.1 Å². The molecule has 1 radical (unpaired) electrons. The van der Waals surface area contributed by atoms with Crippen molar-refractivity contribution in [1.82, 2.24) is 0 Å². The second-order valence-electron chi connectivity index (χ2n) is 4.22. The van der Waals surface area contributed by atoms with E-state index in [1.54, 1.807) is 0 Å². The van der Waals surface area contributed by atoms with Crippen LogP contribution >= 0.6 is 0 Å². The van der Waals surface area contributed by atoms with Crippen molar-refractivity contribution in [3.8, 4) is 11.8 Å². The Balaban J connectivity index is 3.10. The normalized spacial score (nSPS) is 10.0. The van der Waals surface area contributed by atoms with Crippen molar-refractivity contribution in [2.75, 3.05) is 0 Å². The van der Waals surface area contributed by atoms with Gasteiger partial charge in [-0.15, -0.1) is 11.8 Å². The number of unbranched alkanes of at least 4 members (excludes halogenated alkanes) is 5. The minimum atomic E-state index is 1.08. The molecule has 0 aliphatic rings. The van der Waals surface area contributed by atoms with Crippen molar-refractivity contribution >= 4 is 0 Å². The molecule has 14 heavy (non-hydrogen) atoms. The van der Waals surface area contributed by atoms with Gasteiger partial charge in [-0.05, 0) is 25.2 Å². The highest BCUT2D eigenvalue weighted by molar-refractivity contribution is 4.99. The Morgan fingerprint density at radius 2 is 1.50 bits per heavy atom. The molecular formula is C14H25. The lowest BCUT2D eigenvalue weighted by atomic mass is 10.1. The van der Waals surface area contributed by atoms with E-state index in [0.717, 1.165) is 12.8 Å². The van der Waals surface area contributed by atoms with E-state index in [1.165, 1.54) is 44.4 Å². The Morgan fingerprint density at radius 3 is 2.07 bits per heavy atom. The van der Waals surface area contributed by atoms with E-state index < -0.39 is 0 Å². The van der Waals surface area contributed by atoms with Crippen molar-refractivity contribution in [3.05, 3.63) is 5.92 Å². The van der Waals surface area contributed by atoms with Crippen molar-refractivity contribution < 1.29 is 0 Å². The molecule has 81 valence electrons. The van der Waals surface area contributed by atoms with Crippen LogP contribution in [-0.2, 0) is 0 Å². The Hall–Kier alpha value is -0.440. The molecule has 0 spiro atoms. The molecule has 0 rings (SSSR count). The first-order valence-corrected chi connectivity index (χ1v) is 6.02. The molecule has 0 aromatic heterocycles. The van der Waals surface area contributed by atoms with Gasteiger partial charge in [-0.25, -0.2) is 0 Å². The van der Waals surface area contributed by atoms with Crippen LogP contribution in [-0.4, -0.2) is 0 Å². The fourth-order valence-corrected chi connectivity index (χ4v) is 1.35. The Morgan fingerprint density at radius 1 is 0.857 bits per heavy atom. The molecule has 0 fully saturated rings. The third-order valence-corrected chi connectivity index (χ3v) is 2.26. The highest BCUT2D eigenvalue weighted by atomic mass is 14.0. The van der Waals surface area contributed by atoms with Gasteiger partial charge in [-0.1, -0.05) is 40.0 Å². The van der Waals surface area contributed by atoms with Gasteiger partial charge >= 0.3 is 0 Å². The highest BCUT2D eigenvalue weighted by Gasteiger charge is 1.91. The minimum Gasteiger partial charge on any atom is -0.103 e. The summed E-state index contributed by atoms with van der Waals surface area (Å²) in [5, 5.41) is 0. The summed E-state index contributed by atoms with van der Waals surface area (Å²) in [6.07, 6.45) is 10.0. The predicted octanol–water partition coefficient (Wildman–Crippen LogP) is 4.74. The van der Waals surface area contributed by atoms with Gasteiger partial charge in [0, 0.05) is 12.8 Å². The molecule has 0 aromatic carbocycles. The van der Waals surface area contributed by atoms with Crippen molar-refractivity contribution in [2.24, 2.45) is 0 Å². The van der Waals surface area contributed by atoms with Gasteiger partial charge in [0.2, 0.25) is 0 Å². The third kappa shape index (κ3) is 11.6. The first-order valence-electron chi connectivity index (χ1n) is 6.02. The van der Waals surface area contributed by atoms with E-state index in [-0.39, 0.29) is 0 Å². The summed E-state index contributed by atoms with van der Waals surface area (Å²) in [6.45, 7) is 6.63. The SMILES string of the molecule is CCCCCCC#CCCC[C](C)C. The molecule has 0 saturated heterocycles. The first-order chi connectivity index (χ1) is 6.77. The Labute approximate surface area is 90.5 Å². The van der Waals surface area contributed by atoms with E-state index in [9.17, 15) is 0 Å². The number of hydrogen-bond acceptors (Lipinski definition) is 0. The van der Waals surface area contributed by atoms with Crippen LogP contribution in [0, 0.1) is 17.8 Å². The Kier molecular flexibility index (Phi) is 10.3. The van der Waals surface area contributed by atoms with Crippen LogP contribution in [0.3, 0.4) is 0 Å². The van der Waals surface area contributed by atoms with Gasteiger partial charge in [-0.3, -0.25) is 0 Å². The average Bonchev–Trinajstić information content (AvgIpc) is 2.15. The fourth-order valence-electron chi connectivity index (χ4n) is 1.35. The maximum atomic E-state index is 3.26. The summed E-state index contributed by atoms with van der Waals surface area (Å²) in [5.41, 5.74) is 0. The molecule has 0 atom stereocenters. The molecule has 0 aliphatic heterocycles. The summed E-state index contributed by atoms with van der Waals surface area (Å²) >= 11 is 0. The first kappa shape index (κ1) is 13.6. The molecule has 0 aliphatic carbocycles. The van der Waals surface area contributed by atoms with Crippen molar-refractivity contribution in [2.45, 2.75) is 72.1 Å². The Bertz CT molecular complexity index is 157. The lowest BCUT2D eigenvalue weighted by Crippen LogP contribution is -1.82. The summed E-state index contributed by atoms with van der Waals surface area (Å²) in [5.74, 6) is 8.04. The molecule has 0 amide bonds. The predicted molar refractivity (Wildman–Crippen MR) is 65.0 cm³/mol. The zero-order chi connectivity index (χ0) is 10.6. The molecular weight excluding hydrogens is 168 g/mol. The maximum absolute atomic E-state index is 3.26. The second-order valence-corrected chi connectivity index (χ2v) is 4.22. The second kappa shape index (κ2) is 10.6. The monoisotopic (exact) mass is 193 g/mol. The van der Waals surface area contributed by atoms with Crippen LogP contribution in [0.5, 0.6) is 0 Å². The zero-order valence-corrected chi connectivity index (χ0v) is 10.2. The van der Waals surface area contributed by atoms with Crippen molar-refractivity contribution in [1.29, 1.82) is 0 Å². The van der Waals surface area contributed by atoms with Gasteiger partial charge in [0.15, 0.2) is 0 Å². The maximum Gasteiger partial charge on any atom is 0.00888 e. The summed E-state index contributed by atoms with van der Waals surface area (Å²) in [6, 6.07) is 0. The topological polar surface area (TPSA) is 0 Å². The zero-order valence-electron chi connectivity index (χ0n) is 10.2. The van der Waals surface area contributed by atoms with Gasteiger partial charge in [0.1, 0.15) is 0 Å².